The van der Waals surface area contributed by atoms with Crippen LogP contribution in [0.25, 0.3) is 0 Å². The summed E-state index contributed by atoms with van der Waals surface area (Å²) in [5.74, 6) is 0.915. The first-order valence-corrected chi connectivity index (χ1v) is 15.2. The van der Waals surface area contributed by atoms with Gasteiger partial charge in [0.1, 0.15) is 5.75 Å². The van der Waals surface area contributed by atoms with Crippen molar-refractivity contribution < 1.29 is 28.3 Å². The van der Waals surface area contributed by atoms with E-state index in [-0.39, 0.29) is 17.2 Å². The fourth-order valence-corrected chi connectivity index (χ4v) is 6.58. The molecule has 0 amide bonds. The van der Waals surface area contributed by atoms with Crippen molar-refractivity contribution in [3.63, 3.8) is 0 Å². The van der Waals surface area contributed by atoms with Crippen molar-refractivity contribution in [1.29, 1.82) is 0 Å². The second kappa shape index (κ2) is 11.1. The molecule has 0 saturated carbocycles. The van der Waals surface area contributed by atoms with Crippen molar-refractivity contribution >= 4 is 119 Å². The van der Waals surface area contributed by atoms with Gasteiger partial charge in [-0.2, -0.15) is 0 Å². The summed E-state index contributed by atoms with van der Waals surface area (Å²) >= 11 is 23.9. The topological polar surface area (TPSA) is 85.2 Å². The van der Waals surface area contributed by atoms with Gasteiger partial charge in [-0.15, -0.1) is 0 Å². The molecule has 0 aliphatic rings. The van der Waals surface area contributed by atoms with E-state index in [1.165, 1.54) is 6.07 Å². The number of benzene rings is 3. The number of hydrogen-bond acceptors (Lipinski definition) is 4. The van der Waals surface area contributed by atoms with E-state index in [2.05, 4.69) is 112 Å². The lowest BCUT2D eigenvalue weighted by atomic mass is 10.3. The predicted octanol–water partition coefficient (Wildman–Crippen LogP) is 10.1. The van der Waals surface area contributed by atoms with Gasteiger partial charge < -0.3 is 14.0 Å². The Kier molecular flexibility index (Phi) is 9.42. The Bertz CT molecular complexity index is 1250. The van der Waals surface area contributed by atoms with Gasteiger partial charge in [0.2, 0.25) is 0 Å². The van der Waals surface area contributed by atoms with Crippen molar-refractivity contribution in [2.45, 2.75) is 0 Å². The number of hydrogen-bond donors (Lipinski definition) is 2. The Morgan fingerprint density at radius 1 is 0.625 bits per heavy atom. The van der Waals surface area contributed by atoms with E-state index in [1.54, 1.807) is 18.2 Å². The van der Waals surface area contributed by atoms with Crippen LogP contribution in [-0.2, 0) is 4.57 Å². The first-order valence-electron chi connectivity index (χ1n) is 8.08. The molecule has 0 spiro atoms. The van der Waals surface area contributed by atoms with Crippen molar-refractivity contribution in [2.24, 2.45) is 0 Å². The van der Waals surface area contributed by atoms with Crippen LogP contribution in [0.15, 0.2) is 67.7 Å². The summed E-state index contributed by atoms with van der Waals surface area (Å²) in [7, 11) is -4.85. The van der Waals surface area contributed by atoms with Crippen LogP contribution in [-0.4, -0.2) is 9.79 Å². The zero-order valence-electron chi connectivity index (χ0n) is 15.1. The summed E-state index contributed by atoms with van der Waals surface area (Å²) in [5.41, 5.74) is 0. The van der Waals surface area contributed by atoms with Gasteiger partial charge in [0.25, 0.3) is 0 Å². The molecular formula is C18H8Br7O6P. The van der Waals surface area contributed by atoms with Crippen LogP contribution in [0.1, 0.15) is 0 Å². The van der Waals surface area contributed by atoms with Crippen molar-refractivity contribution in [3.05, 3.63) is 67.7 Å². The fraction of sp³-hybridized carbons (Fsp3) is 0. The highest BCUT2D eigenvalue weighted by molar-refractivity contribution is 9.14. The van der Waals surface area contributed by atoms with Crippen molar-refractivity contribution in [2.75, 3.05) is 0 Å². The zero-order chi connectivity index (χ0) is 23.8. The fourth-order valence-electron chi connectivity index (χ4n) is 2.34. The SMILES string of the molecule is O=P(O)(O)Oc1cc(Br)cc(Br)c1Oc1cc(Br)c(Br)c(Br)c1Oc1ccc(Br)cc1Br. The number of rotatable bonds is 6. The summed E-state index contributed by atoms with van der Waals surface area (Å²) in [4.78, 5) is 18.6. The zero-order valence-corrected chi connectivity index (χ0v) is 27.1. The molecule has 14 heteroatoms. The molecule has 2 N–H and O–H groups in total. The van der Waals surface area contributed by atoms with Crippen LogP contribution >= 0.6 is 119 Å². The summed E-state index contributed by atoms with van der Waals surface area (Å²) in [5, 5.41) is 0. The Morgan fingerprint density at radius 3 is 1.88 bits per heavy atom. The standard InChI is InChI=1S/C18H8Br7O6P/c19-7-1-2-12(9(21)3-7)29-18-13(6-10(22)15(24)16(18)25)30-17-11(23)4-8(20)5-14(17)31-32(26,27)28/h1-6H,(H2,26,27,28). The smallest absolute Gasteiger partial charge is 0.451 e. The molecule has 3 aromatic rings. The highest BCUT2D eigenvalue weighted by Gasteiger charge is 2.25. The largest absolute Gasteiger partial charge is 0.524 e. The normalized spacial score (nSPS) is 11.4. The molecule has 6 nitrogen and oxygen atoms in total. The maximum atomic E-state index is 11.5. The Hall–Kier alpha value is 0.570. The van der Waals surface area contributed by atoms with Gasteiger partial charge in [-0.05, 0) is 110 Å². The molecule has 0 atom stereocenters. The van der Waals surface area contributed by atoms with Gasteiger partial charge in [-0.25, -0.2) is 4.57 Å². The summed E-state index contributed by atoms with van der Waals surface area (Å²) in [6, 6.07) is 10.1. The third-order valence-electron chi connectivity index (χ3n) is 3.59. The van der Waals surface area contributed by atoms with E-state index in [0.29, 0.717) is 38.3 Å². The maximum Gasteiger partial charge on any atom is 0.524 e. The Balaban J connectivity index is 2.14. The molecule has 170 valence electrons. The molecule has 3 aromatic carbocycles. The first-order chi connectivity index (χ1) is 14.9. The lowest BCUT2D eigenvalue weighted by Crippen LogP contribution is -1.98. The molecule has 0 aromatic heterocycles. The van der Waals surface area contributed by atoms with Gasteiger partial charge in [-0.3, -0.25) is 9.79 Å². The van der Waals surface area contributed by atoms with Crippen LogP contribution in [0.3, 0.4) is 0 Å². The highest BCUT2D eigenvalue weighted by atomic mass is 79.9. The monoisotopic (exact) mass is 903 g/mol. The average Bonchev–Trinajstić information content (AvgIpc) is 2.66. The quantitative estimate of drug-likeness (QED) is 0.189. The van der Waals surface area contributed by atoms with E-state index >= 15 is 0 Å². The summed E-state index contributed by atoms with van der Waals surface area (Å²) in [6.07, 6.45) is 0. The lowest BCUT2D eigenvalue weighted by molar-refractivity contribution is 0.278. The third kappa shape index (κ3) is 6.83. The average molecular weight is 911 g/mol. The minimum Gasteiger partial charge on any atom is -0.451 e. The van der Waals surface area contributed by atoms with Gasteiger partial charge in [0, 0.05) is 24.0 Å². The Labute approximate surface area is 241 Å². The molecule has 0 aliphatic carbocycles. The second-order valence-corrected chi connectivity index (χ2v) is 13.0. The summed E-state index contributed by atoms with van der Waals surface area (Å²) in [6.45, 7) is 0. The van der Waals surface area contributed by atoms with E-state index in [1.807, 2.05) is 12.1 Å². The summed E-state index contributed by atoms with van der Waals surface area (Å²) < 4.78 is 32.8. The molecule has 0 heterocycles. The predicted molar refractivity (Wildman–Crippen MR) is 146 cm³/mol. The molecule has 0 radical (unpaired) electrons. The minimum atomic E-state index is -4.85. The molecule has 0 saturated heterocycles. The van der Waals surface area contributed by atoms with Crippen LogP contribution in [0.5, 0.6) is 28.7 Å². The van der Waals surface area contributed by atoms with Gasteiger partial charge >= 0.3 is 7.82 Å². The van der Waals surface area contributed by atoms with Crippen molar-refractivity contribution in [3.8, 4) is 28.7 Å². The molecule has 32 heavy (non-hydrogen) atoms. The molecule has 3 rings (SSSR count). The van der Waals surface area contributed by atoms with Gasteiger partial charge in [-0.1, -0.05) is 31.9 Å². The molecule has 0 aliphatic heterocycles. The highest BCUT2D eigenvalue weighted by Crippen LogP contribution is 2.52. The maximum absolute atomic E-state index is 11.5. The number of ether oxygens (including phenoxy) is 2. The number of halogens is 7. The van der Waals surface area contributed by atoms with Gasteiger partial charge in [0.15, 0.2) is 23.0 Å². The number of phosphoric ester groups is 1. The molecule has 0 unspecified atom stereocenters. The molecule has 0 fully saturated rings. The van der Waals surface area contributed by atoms with Crippen LogP contribution in [0.4, 0.5) is 0 Å². The van der Waals surface area contributed by atoms with E-state index in [9.17, 15) is 14.4 Å². The van der Waals surface area contributed by atoms with E-state index < -0.39 is 7.82 Å². The number of phosphoric acid groups is 1. The van der Waals surface area contributed by atoms with E-state index in [4.69, 9.17) is 14.0 Å². The second-order valence-electron chi connectivity index (χ2n) is 5.89. The first kappa shape index (κ1) is 27.2. The molecular weight excluding hydrogens is 902 g/mol. The Morgan fingerprint density at radius 2 is 1.25 bits per heavy atom. The third-order valence-corrected chi connectivity index (χ3v) is 9.46. The van der Waals surface area contributed by atoms with Crippen LogP contribution in [0, 0.1) is 0 Å². The van der Waals surface area contributed by atoms with Gasteiger partial charge in [0.05, 0.1) is 13.4 Å². The molecule has 0 bridgehead atoms. The lowest BCUT2D eigenvalue weighted by Gasteiger charge is -2.19. The van der Waals surface area contributed by atoms with E-state index in [0.717, 1.165) is 4.47 Å². The van der Waals surface area contributed by atoms with Crippen LogP contribution in [0.2, 0.25) is 0 Å². The minimum absolute atomic E-state index is 0.0392. The van der Waals surface area contributed by atoms with Crippen molar-refractivity contribution in [1.82, 2.24) is 0 Å². The van der Waals surface area contributed by atoms with Crippen LogP contribution < -0.4 is 14.0 Å².